The number of pyridine rings is 1. The van der Waals surface area contributed by atoms with Crippen LogP contribution in [0.15, 0.2) is 42.7 Å². The minimum atomic E-state index is -0.438. The third-order valence-corrected chi connectivity index (χ3v) is 4.74. The monoisotopic (exact) mass is 354 g/mol. The van der Waals surface area contributed by atoms with Crippen molar-refractivity contribution in [3.05, 3.63) is 69.7 Å². The van der Waals surface area contributed by atoms with Crippen molar-refractivity contribution in [1.29, 1.82) is 0 Å². The first-order valence-electron chi connectivity index (χ1n) is 7.40. The summed E-state index contributed by atoms with van der Waals surface area (Å²) in [5, 5.41) is 14.0. The summed E-state index contributed by atoms with van der Waals surface area (Å²) in [5.41, 5.74) is 2.93. The molecule has 1 N–H and O–H groups in total. The number of nitrogens with zero attached hydrogens (tertiary/aromatic N) is 3. The van der Waals surface area contributed by atoms with Gasteiger partial charge < -0.3 is 0 Å². The van der Waals surface area contributed by atoms with E-state index in [4.69, 9.17) is 0 Å². The van der Waals surface area contributed by atoms with Crippen LogP contribution < -0.4 is 5.32 Å². The quantitative estimate of drug-likeness (QED) is 0.564. The lowest BCUT2D eigenvalue weighted by atomic mass is 10.1. The summed E-state index contributed by atoms with van der Waals surface area (Å²) in [4.78, 5) is 31.9. The highest BCUT2D eigenvalue weighted by Gasteiger charge is 2.15. The number of non-ortho nitro benzene ring substituents is 1. The van der Waals surface area contributed by atoms with Gasteiger partial charge >= 0.3 is 0 Å². The third-order valence-electron chi connectivity index (χ3n) is 3.62. The van der Waals surface area contributed by atoms with E-state index >= 15 is 0 Å². The minimum Gasteiger partial charge on any atom is -0.298 e. The van der Waals surface area contributed by atoms with Crippen LogP contribution in [0, 0.1) is 24.0 Å². The van der Waals surface area contributed by atoms with Crippen LogP contribution in [0.4, 0.5) is 10.8 Å². The number of nitro benzene ring substituents is 1. The Labute approximate surface area is 147 Å². The van der Waals surface area contributed by atoms with Crippen LogP contribution in [0.25, 0.3) is 10.4 Å². The second-order valence-corrected chi connectivity index (χ2v) is 6.38. The molecular weight excluding hydrogens is 340 g/mol. The molecule has 0 saturated carbocycles. The third kappa shape index (κ3) is 3.53. The van der Waals surface area contributed by atoms with Gasteiger partial charge in [-0.3, -0.25) is 25.2 Å². The Morgan fingerprint density at radius 3 is 2.56 bits per heavy atom. The second kappa shape index (κ2) is 6.78. The summed E-state index contributed by atoms with van der Waals surface area (Å²) in [6.07, 6.45) is 3.20. The number of aryl methyl sites for hydroxylation is 2. The van der Waals surface area contributed by atoms with Gasteiger partial charge in [0.05, 0.1) is 15.5 Å². The lowest BCUT2D eigenvalue weighted by Crippen LogP contribution is -2.13. The van der Waals surface area contributed by atoms with E-state index in [-0.39, 0.29) is 11.6 Å². The van der Waals surface area contributed by atoms with Crippen molar-refractivity contribution >= 4 is 28.1 Å². The first kappa shape index (κ1) is 16.7. The fraction of sp³-hybridized carbons (Fsp3) is 0.118. The van der Waals surface area contributed by atoms with E-state index in [0.29, 0.717) is 10.7 Å². The van der Waals surface area contributed by atoms with Gasteiger partial charge in [0.2, 0.25) is 0 Å². The van der Waals surface area contributed by atoms with Crippen LogP contribution in [0.5, 0.6) is 0 Å². The maximum atomic E-state index is 12.4. The number of benzene rings is 1. The van der Waals surface area contributed by atoms with Gasteiger partial charge in [0.25, 0.3) is 11.6 Å². The highest BCUT2D eigenvalue weighted by molar-refractivity contribution is 7.19. The summed E-state index contributed by atoms with van der Waals surface area (Å²) < 4.78 is 0. The van der Waals surface area contributed by atoms with Crippen LogP contribution in [0.1, 0.15) is 21.6 Å². The predicted molar refractivity (Wildman–Crippen MR) is 95.9 cm³/mol. The van der Waals surface area contributed by atoms with E-state index < -0.39 is 4.92 Å². The molecule has 3 aromatic rings. The topological polar surface area (TPSA) is 98.0 Å². The van der Waals surface area contributed by atoms with Gasteiger partial charge in [-0.1, -0.05) is 11.3 Å². The van der Waals surface area contributed by atoms with Gasteiger partial charge in [0, 0.05) is 30.1 Å². The van der Waals surface area contributed by atoms with E-state index in [1.807, 2.05) is 13.8 Å². The number of carbonyl (C=O) groups is 1. The lowest BCUT2D eigenvalue weighted by Gasteiger charge is -2.03. The molecule has 0 atom stereocenters. The first-order valence-corrected chi connectivity index (χ1v) is 8.21. The number of anilines is 1. The molecule has 0 fully saturated rings. The Balaban J connectivity index is 1.84. The number of hydrogen-bond donors (Lipinski definition) is 1. The molecule has 25 heavy (non-hydrogen) atoms. The van der Waals surface area contributed by atoms with E-state index in [9.17, 15) is 14.9 Å². The summed E-state index contributed by atoms with van der Waals surface area (Å²) >= 11 is 1.33. The molecule has 0 saturated heterocycles. The van der Waals surface area contributed by atoms with Crippen LogP contribution in [0.3, 0.4) is 0 Å². The van der Waals surface area contributed by atoms with Crippen LogP contribution in [-0.4, -0.2) is 20.8 Å². The molecule has 126 valence electrons. The number of hydrogen-bond acceptors (Lipinski definition) is 6. The first-order chi connectivity index (χ1) is 12.0. The van der Waals surface area contributed by atoms with Gasteiger partial charge in [-0.25, -0.2) is 4.98 Å². The summed E-state index contributed by atoms with van der Waals surface area (Å²) in [6, 6.07) is 7.91. The van der Waals surface area contributed by atoms with Gasteiger partial charge in [0.1, 0.15) is 0 Å². The molecule has 7 nitrogen and oxygen atoms in total. The maximum Gasteiger partial charge on any atom is 0.269 e. The smallest absolute Gasteiger partial charge is 0.269 e. The number of thiazole rings is 1. The van der Waals surface area contributed by atoms with Gasteiger partial charge in [0.15, 0.2) is 5.13 Å². The van der Waals surface area contributed by atoms with Crippen molar-refractivity contribution in [2.45, 2.75) is 13.8 Å². The highest BCUT2D eigenvalue weighted by atomic mass is 32.1. The number of carbonyl (C=O) groups excluding carboxylic acids is 1. The van der Waals surface area contributed by atoms with E-state index in [1.54, 1.807) is 30.6 Å². The molecule has 1 aromatic carbocycles. The van der Waals surface area contributed by atoms with E-state index in [0.717, 1.165) is 21.7 Å². The number of aromatic nitrogens is 2. The summed E-state index contributed by atoms with van der Waals surface area (Å²) in [6.45, 7) is 3.65. The van der Waals surface area contributed by atoms with E-state index in [1.165, 1.54) is 23.5 Å². The standard InChI is InChI=1S/C17H14N4O3S/c1-10-9-18-8-7-14(10)16(22)20-17-19-11(2)15(25-17)12-3-5-13(6-4-12)21(23)24/h3-9H,1-2H3,(H,19,20,22). The molecule has 0 aliphatic rings. The number of nitro groups is 1. The van der Waals surface area contributed by atoms with Crippen LogP contribution in [-0.2, 0) is 0 Å². The lowest BCUT2D eigenvalue weighted by molar-refractivity contribution is -0.384. The minimum absolute atomic E-state index is 0.0348. The average molecular weight is 354 g/mol. The Hall–Kier alpha value is -3.13. The molecule has 2 aromatic heterocycles. The normalized spacial score (nSPS) is 10.5. The number of rotatable bonds is 4. The SMILES string of the molecule is Cc1cnccc1C(=O)Nc1nc(C)c(-c2ccc([N+](=O)[O-])cc2)s1. The molecule has 0 aliphatic carbocycles. The van der Waals surface area contributed by atoms with Crippen molar-refractivity contribution in [3.63, 3.8) is 0 Å². The molecule has 3 rings (SSSR count). The van der Waals surface area contributed by atoms with Gasteiger partial charge in [-0.2, -0.15) is 0 Å². The Morgan fingerprint density at radius 2 is 1.92 bits per heavy atom. The Kier molecular flexibility index (Phi) is 4.53. The van der Waals surface area contributed by atoms with E-state index in [2.05, 4.69) is 15.3 Å². The fourth-order valence-corrected chi connectivity index (χ4v) is 3.31. The molecule has 0 spiro atoms. The zero-order valence-corrected chi connectivity index (χ0v) is 14.3. The van der Waals surface area contributed by atoms with Crippen LogP contribution in [0.2, 0.25) is 0 Å². The second-order valence-electron chi connectivity index (χ2n) is 5.38. The zero-order valence-electron chi connectivity index (χ0n) is 13.5. The molecule has 8 heteroatoms. The van der Waals surface area contributed by atoms with Crippen molar-refractivity contribution in [3.8, 4) is 10.4 Å². The fourth-order valence-electron chi connectivity index (χ4n) is 2.34. The molecule has 2 heterocycles. The van der Waals surface area contributed by atoms with Crippen molar-refractivity contribution in [2.24, 2.45) is 0 Å². The molecule has 0 bridgehead atoms. The van der Waals surface area contributed by atoms with Gasteiger partial charge in [-0.05, 0) is 43.2 Å². The zero-order chi connectivity index (χ0) is 18.0. The van der Waals surface area contributed by atoms with Gasteiger partial charge in [-0.15, -0.1) is 0 Å². The average Bonchev–Trinajstić information content (AvgIpc) is 2.95. The summed E-state index contributed by atoms with van der Waals surface area (Å²) in [7, 11) is 0. The molecule has 1 amide bonds. The van der Waals surface area contributed by atoms with Crippen molar-refractivity contribution in [1.82, 2.24) is 9.97 Å². The maximum absolute atomic E-state index is 12.4. The molecular formula is C17H14N4O3S. The predicted octanol–water partition coefficient (Wildman–Crippen LogP) is 3.98. The number of nitrogens with one attached hydrogen (secondary N) is 1. The Morgan fingerprint density at radius 1 is 1.20 bits per heavy atom. The highest BCUT2D eigenvalue weighted by Crippen LogP contribution is 2.33. The molecule has 0 unspecified atom stereocenters. The van der Waals surface area contributed by atoms with Crippen molar-refractivity contribution in [2.75, 3.05) is 5.32 Å². The summed E-state index contributed by atoms with van der Waals surface area (Å²) in [5.74, 6) is -0.246. The molecule has 0 radical (unpaired) electrons. The largest absolute Gasteiger partial charge is 0.298 e. The van der Waals surface area contributed by atoms with Crippen molar-refractivity contribution < 1.29 is 9.72 Å². The Bertz CT molecular complexity index is 951. The molecule has 0 aliphatic heterocycles. The number of amides is 1. The van der Waals surface area contributed by atoms with Crippen LogP contribution >= 0.6 is 11.3 Å².